The molecule has 4 aromatic rings. The van der Waals surface area contributed by atoms with E-state index in [0.29, 0.717) is 67.3 Å². The molecule has 6 rings (SSSR count). The summed E-state index contributed by atoms with van der Waals surface area (Å²) in [4.78, 5) is 44.7. The molecule has 202 valence electrons. The minimum absolute atomic E-state index is 0.141. The summed E-state index contributed by atoms with van der Waals surface area (Å²) >= 11 is 0. The molecule has 0 amide bonds. The fraction of sp³-hybridized carbons (Fsp3) is 0.280. The monoisotopic (exact) mass is 535 g/mol. The number of ether oxygens (including phenoxy) is 3. The van der Waals surface area contributed by atoms with Gasteiger partial charge >= 0.3 is 17.6 Å². The van der Waals surface area contributed by atoms with Gasteiger partial charge in [0.05, 0.1) is 30.8 Å². The number of aromatic nitrogens is 5. The van der Waals surface area contributed by atoms with Crippen LogP contribution in [0.1, 0.15) is 27.6 Å². The highest BCUT2D eigenvalue weighted by Crippen LogP contribution is 2.35. The van der Waals surface area contributed by atoms with E-state index in [1.54, 1.807) is 26.2 Å². The largest absolute Gasteiger partial charge is 0.488 e. The third-order valence-corrected chi connectivity index (χ3v) is 5.89. The minimum Gasteiger partial charge on any atom is -0.488 e. The van der Waals surface area contributed by atoms with Gasteiger partial charge in [0.1, 0.15) is 13.2 Å². The molecule has 0 aromatic carbocycles. The van der Waals surface area contributed by atoms with Gasteiger partial charge in [0.25, 0.3) is 0 Å². The lowest BCUT2D eigenvalue weighted by Gasteiger charge is -2.30. The molecule has 0 fully saturated rings. The van der Waals surface area contributed by atoms with Crippen LogP contribution in [0.25, 0.3) is 5.65 Å². The fourth-order valence-corrected chi connectivity index (χ4v) is 4.05. The van der Waals surface area contributed by atoms with Crippen LogP contribution in [0.15, 0.2) is 47.7 Å². The van der Waals surface area contributed by atoms with Gasteiger partial charge in [-0.1, -0.05) is 0 Å². The lowest BCUT2D eigenvalue weighted by atomic mass is 10.2. The molecular formula is C25H25N7O7. The summed E-state index contributed by atoms with van der Waals surface area (Å²) < 4.78 is 18.7. The normalized spacial score (nSPS) is 13.5. The minimum atomic E-state index is -0.996. The molecule has 6 heterocycles. The van der Waals surface area contributed by atoms with Gasteiger partial charge in [-0.3, -0.25) is 4.40 Å². The van der Waals surface area contributed by atoms with E-state index in [-0.39, 0.29) is 11.3 Å². The number of aryl methyl sites for hydroxylation is 1. The number of nitrogens with zero attached hydrogens (tertiary/aromatic N) is 6. The van der Waals surface area contributed by atoms with Crippen molar-refractivity contribution in [2.75, 3.05) is 43.1 Å². The fourth-order valence-electron chi connectivity index (χ4n) is 4.05. The number of carbonyl (C=O) groups is 2. The SMILES string of the molecule is CCOC(=O)c1cnc2c(c1)OCCN2c1ccn2c(=O)n(C)nc2c1.O=C(O)c1cnc2c(c1)OCCN2. The van der Waals surface area contributed by atoms with Crippen LogP contribution in [0.5, 0.6) is 11.5 Å². The third kappa shape index (κ3) is 5.16. The maximum absolute atomic E-state index is 11.9. The van der Waals surface area contributed by atoms with E-state index >= 15 is 0 Å². The van der Waals surface area contributed by atoms with Crippen LogP contribution in [0, 0.1) is 0 Å². The van der Waals surface area contributed by atoms with Crippen LogP contribution in [-0.4, -0.2) is 74.1 Å². The average Bonchev–Trinajstić information content (AvgIpc) is 3.24. The van der Waals surface area contributed by atoms with Crippen LogP contribution in [-0.2, 0) is 11.8 Å². The van der Waals surface area contributed by atoms with E-state index in [1.165, 1.54) is 27.5 Å². The number of pyridine rings is 3. The highest BCUT2D eigenvalue weighted by molar-refractivity contribution is 5.90. The number of anilines is 3. The summed E-state index contributed by atoms with van der Waals surface area (Å²) in [6, 6.07) is 6.75. The van der Waals surface area contributed by atoms with Gasteiger partial charge < -0.3 is 29.5 Å². The Morgan fingerprint density at radius 3 is 2.67 bits per heavy atom. The average molecular weight is 536 g/mol. The highest BCUT2D eigenvalue weighted by Gasteiger charge is 2.24. The number of hydrogen-bond acceptors (Lipinski definition) is 11. The Bertz CT molecular complexity index is 1610. The van der Waals surface area contributed by atoms with Gasteiger partial charge in [0, 0.05) is 49.5 Å². The molecule has 2 N–H and O–H groups in total. The zero-order chi connectivity index (χ0) is 27.5. The number of carboxylic acids is 1. The van der Waals surface area contributed by atoms with E-state index in [9.17, 15) is 14.4 Å². The Balaban J connectivity index is 0.000000198. The Morgan fingerprint density at radius 2 is 1.87 bits per heavy atom. The molecule has 0 radical (unpaired) electrons. The first-order valence-electron chi connectivity index (χ1n) is 12.1. The Hall–Kier alpha value is -5.14. The maximum Gasteiger partial charge on any atom is 0.350 e. The van der Waals surface area contributed by atoms with Crippen molar-refractivity contribution in [1.29, 1.82) is 0 Å². The lowest BCUT2D eigenvalue weighted by molar-refractivity contribution is 0.0524. The third-order valence-electron chi connectivity index (χ3n) is 5.89. The van der Waals surface area contributed by atoms with Crippen LogP contribution >= 0.6 is 0 Å². The van der Waals surface area contributed by atoms with E-state index < -0.39 is 11.9 Å². The van der Waals surface area contributed by atoms with Crippen molar-refractivity contribution in [3.63, 3.8) is 0 Å². The standard InChI is InChI=1S/C17H17N5O4.C8H8N2O3/c1-3-25-16(23)11-8-13-15(18-10-11)21(6-7-26-13)12-4-5-22-14(9-12)19-20(2)17(22)24;11-8(12)5-3-6-7(10-4-5)9-1-2-13-6/h4-5,8-10H,3,6-7H2,1-2H3;3-4H,1-2H2,(H,9,10)(H,11,12). The number of rotatable bonds is 4. The summed E-state index contributed by atoms with van der Waals surface area (Å²) in [5.41, 5.74) is 1.67. The first kappa shape index (κ1) is 25.5. The molecule has 0 aliphatic carbocycles. The zero-order valence-corrected chi connectivity index (χ0v) is 21.2. The van der Waals surface area contributed by atoms with Crippen molar-refractivity contribution in [2.24, 2.45) is 7.05 Å². The van der Waals surface area contributed by atoms with Gasteiger partial charge in [-0.15, -0.1) is 0 Å². The number of esters is 1. The highest BCUT2D eigenvalue weighted by atomic mass is 16.5. The first-order chi connectivity index (χ1) is 18.9. The summed E-state index contributed by atoms with van der Waals surface area (Å²) in [5, 5.41) is 15.9. The number of hydrogen-bond donors (Lipinski definition) is 2. The van der Waals surface area contributed by atoms with Crippen LogP contribution in [0.4, 0.5) is 17.3 Å². The first-order valence-corrected chi connectivity index (χ1v) is 12.1. The van der Waals surface area contributed by atoms with Gasteiger partial charge in [-0.25, -0.2) is 29.0 Å². The van der Waals surface area contributed by atoms with Crippen molar-refractivity contribution in [1.82, 2.24) is 24.1 Å². The molecular weight excluding hydrogens is 510 g/mol. The van der Waals surface area contributed by atoms with E-state index in [1.807, 2.05) is 17.0 Å². The molecule has 14 nitrogen and oxygen atoms in total. The predicted molar refractivity (Wildman–Crippen MR) is 138 cm³/mol. The van der Waals surface area contributed by atoms with Crippen molar-refractivity contribution in [2.45, 2.75) is 6.92 Å². The number of fused-ring (bicyclic) bond motifs is 3. The molecule has 0 bridgehead atoms. The topological polar surface area (TPSA) is 162 Å². The number of carboxylic acid groups (broad SMARTS) is 1. The van der Waals surface area contributed by atoms with Gasteiger partial charge in [0.2, 0.25) is 0 Å². The number of nitrogens with one attached hydrogen (secondary N) is 1. The van der Waals surface area contributed by atoms with Crippen molar-refractivity contribution < 1.29 is 28.9 Å². The molecule has 0 unspecified atom stereocenters. The second-order valence-corrected chi connectivity index (χ2v) is 8.44. The molecule has 39 heavy (non-hydrogen) atoms. The molecule has 0 spiro atoms. The van der Waals surface area contributed by atoms with E-state index in [0.717, 1.165) is 5.69 Å². The predicted octanol–water partition coefficient (Wildman–Crippen LogP) is 1.72. The molecule has 14 heteroatoms. The summed E-state index contributed by atoms with van der Waals surface area (Å²) in [7, 11) is 1.61. The van der Waals surface area contributed by atoms with Gasteiger partial charge in [0.15, 0.2) is 28.8 Å². The summed E-state index contributed by atoms with van der Waals surface area (Å²) in [6.45, 7) is 4.32. The quantitative estimate of drug-likeness (QED) is 0.364. The number of aromatic carboxylic acids is 1. The van der Waals surface area contributed by atoms with Crippen LogP contribution in [0.2, 0.25) is 0 Å². The molecule has 0 saturated heterocycles. The smallest absolute Gasteiger partial charge is 0.350 e. The van der Waals surface area contributed by atoms with Crippen molar-refractivity contribution >= 4 is 34.9 Å². The van der Waals surface area contributed by atoms with Gasteiger partial charge in [-0.2, -0.15) is 5.10 Å². The molecule has 0 atom stereocenters. The van der Waals surface area contributed by atoms with Gasteiger partial charge in [-0.05, 0) is 13.0 Å². The summed E-state index contributed by atoms with van der Waals surface area (Å²) in [6.07, 6.45) is 4.47. The summed E-state index contributed by atoms with van der Waals surface area (Å²) in [5.74, 6) is 0.802. The van der Waals surface area contributed by atoms with E-state index in [2.05, 4.69) is 20.4 Å². The maximum atomic E-state index is 11.9. The molecule has 2 aliphatic heterocycles. The second-order valence-electron chi connectivity index (χ2n) is 8.44. The zero-order valence-electron chi connectivity index (χ0n) is 21.2. The van der Waals surface area contributed by atoms with Crippen LogP contribution in [0.3, 0.4) is 0 Å². The Morgan fingerprint density at radius 1 is 1.10 bits per heavy atom. The van der Waals surface area contributed by atoms with E-state index in [4.69, 9.17) is 19.3 Å². The van der Waals surface area contributed by atoms with Crippen molar-refractivity contribution in [3.05, 3.63) is 64.5 Å². The Labute approximate surface area is 221 Å². The Kier molecular flexibility index (Phi) is 6.99. The molecule has 2 aliphatic rings. The van der Waals surface area contributed by atoms with Crippen molar-refractivity contribution in [3.8, 4) is 11.5 Å². The van der Waals surface area contributed by atoms with Crippen LogP contribution < -0.4 is 25.4 Å². The lowest BCUT2D eigenvalue weighted by Crippen LogP contribution is -2.30. The molecule has 4 aromatic heterocycles. The molecule has 0 saturated carbocycles. The number of carbonyl (C=O) groups excluding carboxylic acids is 1. The second kappa shape index (κ2) is 10.7.